The summed E-state index contributed by atoms with van der Waals surface area (Å²) in [6, 6.07) is -0.176. The van der Waals surface area contributed by atoms with E-state index in [4.69, 9.17) is 9.57 Å². The zero-order valence-electron chi connectivity index (χ0n) is 33.2. The zero-order valence-corrected chi connectivity index (χ0v) is 33.2. The molecule has 2 N–H and O–H groups in total. The maximum Gasteiger partial charge on any atom is 0.433 e. The molecule has 0 unspecified atom stereocenters. The van der Waals surface area contributed by atoms with Crippen LogP contribution in [0.2, 0.25) is 0 Å². The minimum atomic E-state index is -0.448. The van der Waals surface area contributed by atoms with Crippen LogP contribution in [0, 0.1) is 0 Å². The molecule has 0 aliphatic heterocycles. The lowest BCUT2D eigenvalue weighted by molar-refractivity contribution is -0.134. The van der Waals surface area contributed by atoms with E-state index in [-0.39, 0.29) is 12.6 Å². The number of carbonyl (C=O) groups excluding carboxylic acids is 2. The molecule has 49 heavy (non-hydrogen) atoms. The van der Waals surface area contributed by atoms with Gasteiger partial charge in [-0.25, -0.2) is 9.59 Å². The molecule has 7 nitrogen and oxygen atoms in total. The second kappa shape index (κ2) is 40.9. The molecule has 0 aromatic heterocycles. The summed E-state index contributed by atoms with van der Waals surface area (Å²) < 4.78 is 5.17. The van der Waals surface area contributed by atoms with Crippen LogP contribution in [0.1, 0.15) is 226 Å². The number of carbonyl (C=O) groups is 2. The quantitative estimate of drug-likeness (QED) is 0.0495. The molecule has 0 saturated carbocycles. The van der Waals surface area contributed by atoms with Crippen LogP contribution in [0.3, 0.4) is 0 Å². The SMILES string of the molecule is CCCCCCCCCCCCCCCCCCNC(=O)NCCON(CCCCCCCCCCCCCCCCCC)C(=O)OCC. The van der Waals surface area contributed by atoms with Gasteiger partial charge in [0.1, 0.15) is 0 Å². The standard InChI is InChI=1S/C42H85N3O4/c1-4-7-9-11-13-15-17-19-21-23-25-27-29-31-33-35-37-43-41(46)44-38-40-49-45(42(47)48-6-3)39-36-34-32-30-28-26-24-22-20-18-16-14-12-10-8-5-2/h4-40H2,1-3H3,(H2,43,44,46). The molecule has 0 spiro atoms. The van der Waals surface area contributed by atoms with Crippen molar-refractivity contribution in [1.82, 2.24) is 15.7 Å². The van der Waals surface area contributed by atoms with Gasteiger partial charge < -0.3 is 15.4 Å². The highest BCUT2D eigenvalue weighted by Gasteiger charge is 2.15. The fourth-order valence-corrected chi connectivity index (χ4v) is 6.47. The monoisotopic (exact) mass is 696 g/mol. The first-order valence-electron chi connectivity index (χ1n) is 21.7. The minimum absolute atomic E-state index is 0.176. The number of nitrogens with zero attached hydrogens (tertiary/aromatic N) is 1. The van der Waals surface area contributed by atoms with Crippen molar-refractivity contribution in [1.29, 1.82) is 0 Å². The lowest BCUT2D eigenvalue weighted by Crippen LogP contribution is -2.40. The molecule has 0 bridgehead atoms. The van der Waals surface area contributed by atoms with E-state index < -0.39 is 6.09 Å². The zero-order chi connectivity index (χ0) is 35.7. The van der Waals surface area contributed by atoms with Gasteiger partial charge in [-0.3, -0.25) is 4.84 Å². The summed E-state index contributed by atoms with van der Waals surface area (Å²) in [7, 11) is 0. The van der Waals surface area contributed by atoms with Crippen molar-refractivity contribution in [3.8, 4) is 0 Å². The van der Waals surface area contributed by atoms with E-state index >= 15 is 0 Å². The van der Waals surface area contributed by atoms with E-state index in [9.17, 15) is 9.59 Å². The predicted octanol–water partition coefficient (Wildman–Crippen LogP) is 13.2. The van der Waals surface area contributed by atoms with Gasteiger partial charge in [-0.2, -0.15) is 5.06 Å². The molecule has 0 rings (SSSR count). The number of nitrogens with one attached hydrogen (secondary N) is 2. The van der Waals surface area contributed by atoms with Crippen molar-refractivity contribution in [2.45, 2.75) is 226 Å². The molecule has 0 fully saturated rings. The molecular formula is C42H85N3O4. The fraction of sp³-hybridized carbons (Fsp3) is 0.952. The van der Waals surface area contributed by atoms with Gasteiger partial charge in [-0.1, -0.05) is 206 Å². The Balaban J connectivity index is 3.63. The molecule has 0 aromatic rings. The minimum Gasteiger partial charge on any atom is -0.448 e. The molecule has 0 aromatic carbocycles. The molecule has 0 radical (unpaired) electrons. The Morgan fingerprint density at radius 2 is 0.755 bits per heavy atom. The Morgan fingerprint density at radius 3 is 1.12 bits per heavy atom. The lowest BCUT2D eigenvalue weighted by Gasteiger charge is -2.21. The van der Waals surface area contributed by atoms with Crippen LogP contribution >= 0.6 is 0 Å². The first-order valence-corrected chi connectivity index (χ1v) is 21.7. The number of urea groups is 1. The number of rotatable bonds is 39. The van der Waals surface area contributed by atoms with E-state index in [1.165, 1.54) is 185 Å². The summed E-state index contributed by atoms with van der Waals surface area (Å²) in [6.45, 7) is 8.48. The van der Waals surface area contributed by atoms with E-state index in [0.717, 1.165) is 25.7 Å². The van der Waals surface area contributed by atoms with Gasteiger partial charge in [0, 0.05) is 13.1 Å². The highest BCUT2D eigenvalue weighted by atomic mass is 16.7. The van der Waals surface area contributed by atoms with Crippen molar-refractivity contribution in [2.24, 2.45) is 0 Å². The van der Waals surface area contributed by atoms with Gasteiger partial charge in [0.25, 0.3) is 0 Å². The van der Waals surface area contributed by atoms with Crippen LogP contribution < -0.4 is 10.6 Å². The number of hydroxylamine groups is 2. The molecular weight excluding hydrogens is 610 g/mol. The topological polar surface area (TPSA) is 79.9 Å². The Morgan fingerprint density at radius 1 is 0.429 bits per heavy atom. The average molecular weight is 696 g/mol. The van der Waals surface area contributed by atoms with Crippen molar-refractivity contribution in [2.75, 3.05) is 32.8 Å². The van der Waals surface area contributed by atoms with Crippen LogP contribution in [-0.4, -0.2) is 50.0 Å². The maximum absolute atomic E-state index is 12.3. The van der Waals surface area contributed by atoms with Crippen LogP contribution in [0.25, 0.3) is 0 Å². The number of hydrogen-bond acceptors (Lipinski definition) is 4. The van der Waals surface area contributed by atoms with Crippen molar-refractivity contribution in [3.63, 3.8) is 0 Å². The van der Waals surface area contributed by atoms with Gasteiger partial charge in [0.2, 0.25) is 0 Å². The third-order valence-electron chi connectivity index (χ3n) is 9.64. The van der Waals surface area contributed by atoms with Crippen LogP contribution in [0.15, 0.2) is 0 Å². The summed E-state index contributed by atoms with van der Waals surface area (Å²) in [5, 5.41) is 7.09. The molecule has 0 saturated heterocycles. The first-order chi connectivity index (χ1) is 24.2. The highest BCUT2D eigenvalue weighted by molar-refractivity contribution is 5.73. The van der Waals surface area contributed by atoms with Crippen molar-refractivity contribution in [3.05, 3.63) is 0 Å². The summed E-state index contributed by atoms with van der Waals surface area (Å²) >= 11 is 0. The van der Waals surface area contributed by atoms with Gasteiger partial charge in [0.05, 0.1) is 19.8 Å². The van der Waals surface area contributed by atoms with Crippen molar-refractivity contribution < 1.29 is 19.2 Å². The van der Waals surface area contributed by atoms with E-state index in [1.54, 1.807) is 6.92 Å². The molecule has 0 aliphatic carbocycles. The predicted molar refractivity (Wildman–Crippen MR) is 210 cm³/mol. The molecule has 0 atom stereocenters. The van der Waals surface area contributed by atoms with Gasteiger partial charge in [-0.05, 0) is 19.8 Å². The van der Waals surface area contributed by atoms with E-state index in [0.29, 0.717) is 26.2 Å². The average Bonchev–Trinajstić information content (AvgIpc) is 3.10. The van der Waals surface area contributed by atoms with E-state index in [1.807, 2.05) is 0 Å². The molecule has 0 aliphatic rings. The Kier molecular flexibility index (Phi) is 39.7. The Hall–Kier alpha value is -1.50. The van der Waals surface area contributed by atoms with Crippen LogP contribution in [0.4, 0.5) is 9.59 Å². The second-order valence-corrected chi connectivity index (χ2v) is 14.4. The second-order valence-electron chi connectivity index (χ2n) is 14.4. The number of hydrogen-bond donors (Lipinski definition) is 2. The smallest absolute Gasteiger partial charge is 0.433 e. The summed E-state index contributed by atoms with van der Waals surface area (Å²) in [6.07, 6.45) is 42.1. The number of amides is 3. The maximum atomic E-state index is 12.3. The van der Waals surface area contributed by atoms with Gasteiger partial charge in [0.15, 0.2) is 0 Å². The summed E-state index contributed by atoms with van der Waals surface area (Å²) in [4.78, 5) is 30.2. The molecule has 7 heteroatoms. The largest absolute Gasteiger partial charge is 0.448 e. The molecule has 292 valence electrons. The highest BCUT2D eigenvalue weighted by Crippen LogP contribution is 2.15. The Labute approximate surface area is 305 Å². The number of unbranched alkanes of at least 4 members (excludes halogenated alkanes) is 30. The first kappa shape index (κ1) is 47.5. The summed E-state index contributed by atoms with van der Waals surface area (Å²) in [5.41, 5.74) is 0. The lowest BCUT2D eigenvalue weighted by atomic mass is 10.0. The van der Waals surface area contributed by atoms with E-state index in [2.05, 4.69) is 24.5 Å². The molecule has 3 amide bonds. The molecule has 0 heterocycles. The third kappa shape index (κ3) is 37.6. The van der Waals surface area contributed by atoms with Crippen LogP contribution in [0.5, 0.6) is 0 Å². The Bertz CT molecular complexity index is 678. The van der Waals surface area contributed by atoms with Gasteiger partial charge in [-0.15, -0.1) is 0 Å². The fourth-order valence-electron chi connectivity index (χ4n) is 6.47. The summed E-state index contributed by atoms with van der Waals surface area (Å²) in [5.74, 6) is 0. The van der Waals surface area contributed by atoms with Gasteiger partial charge >= 0.3 is 12.1 Å². The third-order valence-corrected chi connectivity index (χ3v) is 9.64. The number of ether oxygens (including phenoxy) is 1. The van der Waals surface area contributed by atoms with Crippen molar-refractivity contribution >= 4 is 12.1 Å². The van der Waals surface area contributed by atoms with Crippen LogP contribution in [-0.2, 0) is 9.57 Å². The normalized spacial score (nSPS) is 11.2.